The lowest BCUT2D eigenvalue weighted by Crippen LogP contribution is -2.28. The van der Waals surface area contributed by atoms with Gasteiger partial charge in [-0.1, -0.05) is 12.1 Å². The van der Waals surface area contributed by atoms with E-state index in [1.165, 1.54) is 45.2 Å². The van der Waals surface area contributed by atoms with Gasteiger partial charge in [-0.25, -0.2) is 12.7 Å². The minimum atomic E-state index is -3.69. The Labute approximate surface area is 141 Å². The lowest BCUT2D eigenvalue weighted by atomic mass is 10.2. The maximum atomic E-state index is 12.4. The molecule has 0 bridgehead atoms. The topological polar surface area (TPSA) is 105 Å². The van der Waals surface area contributed by atoms with Gasteiger partial charge in [-0.15, -0.1) is 0 Å². The van der Waals surface area contributed by atoms with Gasteiger partial charge in [0.05, 0.1) is 4.90 Å². The minimum Gasteiger partial charge on any atom is -0.447 e. The van der Waals surface area contributed by atoms with Crippen LogP contribution in [0.15, 0.2) is 29.2 Å². The fourth-order valence-corrected chi connectivity index (χ4v) is 3.10. The van der Waals surface area contributed by atoms with Crippen molar-refractivity contribution in [3.63, 3.8) is 0 Å². The third kappa shape index (κ3) is 5.44. The summed E-state index contributed by atoms with van der Waals surface area (Å²) in [5.41, 5.74) is 0.436. The Kier molecular flexibility index (Phi) is 7.07. The zero-order chi connectivity index (χ0) is 18.3. The standard InChI is InChI=1S/C16H20N2O5S/c1-12(11-17)23-16(20)5-4-10-18(3)24(21,22)15-8-6-14(7-9-15)13(2)19/h6-9,12H,4-5,10H2,1-3H3/t12-/m1/s1. The van der Waals surface area contributed by atoms with Gasteiger partial charge in [-0.3, -0.25) is 9.59 Å². The number of ketones is 1. The fraction of sp³-hybridized carbons (Fsp3) is 0.438. The molecular formula is C16H20N2O5S. The van der Waals surface area contributed by atoms with Gasteiger partial charge in [0.1, 0.15) is 6.07 Å². The quantitative estimate of drug-likeness (QED) is 0.521. The summed E-state index contributed by atoms with van der Waals surface area (Å²) in [5.74, 6) is -0.682. The van der Waals surface area contributed by atoms with Crippen molar-refractivity contribution in [2.45, 2.75) is 37.7 Å². The highest BCUT2D eigenvalue weighted by molar-refractivity contribution is 7.89. The summed E-state index contributed by atoms with van der Waals surface area (Å²) in [6, 6.07) is 7.46. The smallest absolute Gasteiger partial charge is 0.307 e. The molecule has 1 atom stereocenters. The van der Waals surface area contributed by atoms with Gasteiger partial charge in [0.2, 0.25) is 10.0 Å². The van der Waals surface area contributed by atoms with Crippen LogP contribution in [-0.2, 0) is 19.6 Å². The van der Waals surface area contributed by atoms with Crippen molar-refractivity contribution in [3.05, 3.63) is 29.8 Å². The number of hydrogen-bond donors (Lipinski definition) is 0. The van der Waals surface area contributed by atoms with Crippen molar-refractivity contribution in [3.8, 4) is 6.07 Å². The molecule has 0 N–H and O–H groups in total. The van der Waals surface area contributed by atoms with Gasteiger partial charge in [0, 0.05) is 25.6 Å². The molecule has 0 aliphatic rings. The van der Waals surface area contributed by atoms with E-state index in [0.717, 1.165) is 4.31 Å². The molecule has 0 saturated carbocycles. The van der Waals surface area contributed by atoms with E-state index in [2.05, 4.69) is 0 Å². The first kappa shape index (κ1) is 19.8. The Morgan fingerprint density at radius 3 is 2.38 bits per heavy atom. The van der Waals surface area contributed by atoms with E-state index in [9.17, 15) is 18.0 Å². The van der Waals surface area contributed by atoms with E-state index in [-0.39, 0.29) is 30.1 Å². The molecule has 0 radical (unpaired) electrons. The van der Waals surface area contributed by atoms with E-state index < -0.39 is 22.1 Å². The van der Waals surface area contributed by atoms with Gasteiger partial charge in [-0.2, -0.15) is 5.26 Å². The normalized spacial score (nSPS) is 12.5. The van der Waals surface area contributed by atoms with Gasteiger partial charge >= 0.3 is 5.97 Å². The van der Waals surface area contributed by atoms with Crippen molar-refractivity contribution < 1.29 is 22.7 Å². The van der Waals surface area contributed by atoms with E-state index in [1.54, 1.807) is 6.07 Å². The van der Waals surface area contributed by atoms with E-state index in [4.69, 9.17) is 10.00 Å². The lowest BCUT2D eigenvalue weighted by Gasteiger charge is -2.17. The van der Waals surface area contributed by atoms with E-state index in [0.29, 0.717) is 5.56 Å². The molecule has 0 amide bonds. The van der Waals surface area contributed by atoms with Crippen molar-refractivity contribution in [2.24, 2.45) is 0 Å². The number of nitriles is 1. The zero-order valence-corrected chi connectivity index (χ0v) is 14.7. The van der Waals surface area contributed by atoms with Crippen LogP contribution in [0.3, 0.4) is 0 Å². The largest absolute Gasteiger partial charge is 0.447 e. The SMILES string of the molecule is CC(=O)c1ccc(S(=O)(=O)N(C)CCCC(=O)O[C@H](C)C#N)cc1. The first-order valence-corrected chi connectivity index (χ1v) is 8.79. The zero-order valence-electron chi connectivity index (χ0n) is 13.9. The molecule has 1 aromatic carbocycles. The molecular weight excluding hydrogens is 332 g/mol. The van der Waals surface area contributed by atoms with Crippen LogP contribution in [0.5, 0.6) is 0 Å². The summed E-state index contributed by atoms with van der Waals surface area (Å²) in [7, 11) is -2.28. The summed E-state index contributed by atoms with van der Waals surface area (Å²) in [4.78, 5) is 22.7. The van der Waals surface area contributed by atoms with Crippen LogP contribution in [0.25, 0.3) is 0 Å². The number of nitrogens with zero attached hydrogens (tertiary/aromatic N) is 2. The third-order valence-electron chi connectivity index (χ3n) is 3.31. The summed E-state index contributed by atoms with van der Waals surface area (Å²) in [5, 5.41) is 8.55. The number of benzene rings is 1. The highest BCUT2D eigenvalue weighted by Gasteiger charge is 2.21. The predicted octanol–water partition coefficient (Wildman–Crippen LogP) is 1.75. The maximum absolute atomic E-state index is 12.4. The van der Waals surface area contributed by atoms with Crippen LogP contribution in [0.2, 0.25) is 0 Å². The van der Waals surface area contributed by atoms with Crippen molar-refractivity contribution >= 4 is 21.8 Å². The van der Waals surface area contributed by atoms with Gasteiger partial charge in [0.25, 0.3) is 0 Å². The molecule has 0 heterocycles. The molecule has 0 fully saturated rings. The molecule has 0 aliphatic heterocycles. The molecule has 8 heteroatoms. The Hall–Kier alpha value is -2.24. The van der Waals surface area contributed by atoms with Crippen LogP contribution in [0, 0.1) is 11.3 Å². The Bertz CT molecular complexity index is 735. The first-order chi connectivity index (χ1) is 11.2. The molecule has 0 spiro atoms. The highest BCUT2D eigenvalue weighted by Crippen LogP contribution is 2.16. The third-order valence-corrected chi connectivity index (χ3v) is 5.18. The Balaban J connectivity index is 2.63. The summed E-state index contributed by atoms with van der Waals surface area (Å²) in [6.07, 6.45) is -0.522. The molecule has 0 aliphatic carbocycles. The average molecular weight is 352 g/mol. The van der Waals surface area contributed by atoms with Crippen LogP contribution in [0.1, 0.15) is 37.0 Å². The number of Topliss-reactive ketones (excluding diaryl/α,β-unsaturated/α-hetero) is 1. The van der Waals surface area contributed by atoms with Crippen LogP contribution < -0.4 is 0 Å². The monoisotopic (exact) mass is 352 g/mol. The maximum Gasteiger partial charge on any atom is 0.307 e. The second-order valence-electron chi connectivity index (χ2n) is 5.27. The van der Waals surface area contributed by atoms with Crippen molar-refractivity contribution in [1.82, 2.24) is 4.31 Å². The van der Waals surface area contributed by atoms with E-state index >= 15 is 0 Å². The Morgan fingerprint density at radius 1 is 1.29 bits per heavy atom. The molecule has 1 rings (SSSR count). The molecule has 0 aromatic heterocycles. The van der Waals surface area contributed by atoms with E-state index in [1.807, 2.05) is 0 Å². The molecule has 24 heavy (non-hydrogen) atoms. The number of carbonyl (C=O) groups excluding carboxylic acids is 2. The summed E-state index contributed by atoms with van der Waals surface area (Å²) >= 11 is 0. The number of hydrogen-bond acceptors (Lipinski definition) is 6. The second-order valence-corrected chi connectivity index (χ2v) is 7.32. The second kappa shape index (κ2) is 8.57. The van der Waals surface area contributed by atoms with Gasteiger partial charge in [-0.05, 0) is 32.4 Å². The highest BCUT2D eigenvalue weighted by atomic mass is 32.2. The van der Waals surface area contributed by atoms with Crippen molar-refractivity contribution in [1.29, 1.82) is 5.26 Å². The van der Waals surface area contributed by atoms with Gasteiger partial charge in [0.15, 0.2) is 11.9 Å². The number of sulfonamides is 1. The molecule has 0 saturated heterocycles. The fourth-order valence-electron chi connectivity index (χ4n) is 1.89. The van der Waals surface area contributed by atoms with Crippen LogP contribution >= 0.6 is 0 Å². The summed E-state index contributed by atoms with van der Waals surface area (Å²) < 4.78 is 30.7. The lowest BCUT2D eigenvalue weighted by molar-refractivity contribution is -0.146. The number of carbonyl (C=O) groups is 2. The Morgan fingerprint density at radius 2 is 1.88 bits per heavy atom. The van der Waals surface area contributed by atoms with Crippen LogP contribution in [0.4, 0.5) is 0 Å². The number of rotatable bonds is 8. The minimum absolute atomic E-state index is 0.0230. The molecule has 1 aromatic rings. The number of ether oxygens (including phenoxy) is 1. The van der Waals surface area contributed by atoms with Gasteiger partial charge < -0.3 is 4.74 Å². The summed E-state index contributed by atoms with van der Waals surface area (Å²) in [6.45, 7) is 2.99. The predicted molar refractivity (Wildman–Crippen MR) is 86.7 cm³/mol. The number of esters is 1. The van der Waals surface area contributed by atoms with Crippen molar-refractivity contribution in [2.75, 3.05) is 13.6 Å². The first-order valence-electron chi connectivity index (χ1n) is 7.35. The average Bonchev–Trinajstić information content (AvgIpc) is 2.54. The molecule has 130 valence electrons. The molecule has 7 nitrogen and oxygen atoms in total. The van der Waals surface area contributed by atoms with Crippen LogP contribution in [-0.4, -0.2) is 44.2 Å². The molecule has 0 unspecified atom stereocenters.